The topological polar surface area (TPSA) is 258 Å². The van der Waals surface area contributed by atoms with E-state index in [4.69, 9.17) is 28.1 Å². The second-order valence-electron chi connectivity index (χ2n) is 10.4. The number of methoxy groups -OCH3 is 1. The minimum atomic E-state index is -1.95. The van der Waals surface area contributed by atoms with Gasteiger partial charge in [-0.3, -0.25) is 4.79 Å². The van der Waals surface area contributed by atoms with Gasteiger partial charge in [0.15, 0.2) is 23.4 Å². The Bertz CT molecular complexity index is 1540. The molecule has 2 aromatic carbocycles. The molecule has 240 valence electrons. The number of hydrogen-bond donors (Lipinski definition) is 9. The smallest absolute Gasteiger partial charge is 0.239 e. The molecule has 2 aliphatic rings. The fourth-order valence-electron chi connectivity index (χ4n) is 4.97. The van der Waals surface area contributed by atoms with Gasteiger partial charge in [-0.25, -0.2) is 0 Å². The van der Waals surface area contributed by atoms with Crippen molar-refractivity contribution in [3.8, 4) is 40.1 Å². The fraction of sp³-hybridized carbons (Fsp3) is 0.464. The molecular weight excluding hydrogens is 592 g/mol. The first-order valence-corrected chi connectivity index (χ1v) is 13.4. The molecule has 16 nitrogen and oxygen atoms in total. The van der Waals surface area contributed by atoms with E-state index in [2.05, 4.69) is 0 Å². The Labute approximate surface area is 248 Å². The third kappa shape index (κ3) is 5.63. The molecule has 44 heavy (non-hydrogen) atoms. The van der Waals surface area contributed by atoms with Crippen LogP contribution in [-0.2, 0) is 14.2 Å². The maximum Gasteiger partial charge on any atom is 0.239 e. The number of aliphatic hydroxyl groups is 6. The lowest BCUT2D eigenvalue weighted by atomic mass is 9.98. The maximum atomic E-state index is 13.7. The summed E-state index contributed by atoms with van der Waals surface area (Å²) < 4.78 is 33.0. The third-order valence-electron chi connectivity index (χ3n) is 7.53. The number of phenolic OH excluding ortho intramolecular Hbond substituents is 3. The lowest BCUT2D eigenvalue weighted by Crippen LogP contribution is -2.61. The Morgan fingerprint density at radius 1 is 0.818 bits per heavy atom. The normalized spacial score (nSPS) is 32.5. The van der Waals surface area contributed by atoms with E-state index in [1.807, 2.05) is 0 Å². The molecule has 0 amide bonds. The number of aliphatic hydroxyl groups excluding tert-OH is 6. The number of rotatable bonds is 7. The van der Waals surface area contributed by atoms with Crippen LogP contribution < -0.4 is 14.9 Å². The first-order valence-electron chi connectivity index (χ1n) is 13.4. The van der Waals surface area contributed by atoms with E-state index in [0.29, 0.717) is 0 Å². The van der Waals surface area contributed by atoms with Crippen LogP contribution in [0.3, 0.4) is 0 Å². The highest BCUT2D eigenvalue weighted by molar-refractivity contribution is 5.93. The predicted molar refractivity (Wildman–Crippen MR) is 145 cm³/mol. The summed E-state index contributed by atoms with van der Waals surface area (Å²) in [5, 5.41) is 92.5. The van der Waals surface area contributed by atoms with Crippen molar-refractivity contribution in [2.75, 3.05) is 13.7 Å². The quantitative estimate of drug-likeness (QED) is 0.137. The molecule has 9 N–H and O–H groups in total. The van der Waals surface area contributed by atoms with E-state index >= 15 is 0 Å². The molecule has 0 spiro atoms. The Balaban J connectivity index is 1.50. The van der Waals surface area contributed by atoms with Gasteiger partial charge in [0.05, 0.1) is 19.8 Å². The van der Waals surface area contributed by atoms with Gasteiger partial charge in [0.2, 0.25) is 23.2 Å². The van der Waals surface area contributed by atoms with Crippen LogP contribution in [0.2, 0.25) is 0 Å². The van der Waals surface area contributed by atoms with E-state index in [-0.39, 0.29) is 22.8 Å². The van der Waals surface area contributed by atoms with Crippen LogP contribution in [0.4, 0.5) is 0 Å². The summed E-state index contributed by atoms with van der Waals surface area (Å²) in [5.74, 6) is -2.59. The van der Waals surface area contributed by atoms with Crippen LogP contribution in [0.25, 0.3) is 22.3 Å². The van der Waals surface area contributed by atoms with Gasteiger partial charge in [0.1, 0.15) is 59.6 Å². The minimum Gasteiger partial charge on any atom is -0.508 e. The first-order chi connectivity index (χ1) is 20.8. The van der Waals surface area contributed by atoms with Gasteiger partial charge in [0.25, 0.3) is 0 Å². The molecule has 0 bridgehead atoms. The van der Waals surface area contributed by atoms with Gasteiger partial charge >= 0.3 is 0 Å². The van der Waals surface area contributed by atoms with Crippen LogP contribution in [0.1, 0.15) is 6.92 Å². The van der Waals surface area contributed by atoms with Gasteiger partial charge in [-0.2, -0.15) is 0 Å². The van der Waals surface area contributed by atoms with E-state index < -0.39 is 102 Å². The summed E-state index contributed by atoms with van der Waals surface area (Å²) in [6.45, 7) is 0.841. The highest BCUT2D eigenvalue weighted by Gasteiger charge is 2.48. The summed E-state index contributed by atoms with van der Waals surface area (Å²) in [6, 6.07) is 6.20. The van der Waals surface area contributed by atoms with Crippen molar-refractivity contribution >= 4 is 11.0 Å². The van der Waals surface area contributed by atoms with Crippen molar-refractivity contribution in [1.82, 2.24) is 0 Å². The number of aromatic hydroxyl groups is 3. The molecule has 3 heterocycles. The summed E-state index contributed by atoms with van der Waals surface area (Å²) >= 11 is 0. The Hall–Kier alpha value is -3.71. The van der Waals surface area contributed by atoms with Crippen LogP contribution in [0, 0.1) is 0 Å². The Kier molecular flexibility index (Phi) is 8.90. The van der Waals surface area contributed by atoms with Gasteiger partial charge < -0.3 is 74.1 Å². The fourth-order valence-corrected chi connectivity index (χ4v) is 4.97. The van der Waals surface area contributed by atoms with Crippen molar-refractivity contribution in [3.05, 3.63) is 40.6 Å². The van der Waals surface area contributed by atoms with E-state index in [9.17, 15) is 50.8 Å². The molecule has 0 saturated carbocycles. The second kappa shape index (κ2) is 12.4. The number of hydrogen-bond acceptors (Lipinski definition) is 16. The van der Waals surface area contributed by atoms with Crippen molar-refractivity contribution < 1.29 is 74.1 Å². The van der Waals surface area contributed by atoms with Crippen LogP contribution in [0.15, 0.2) is 39.5 Å². The number of fused-ring (bicyclic) bond motifs is 1. The SMILES string of the molecule is COc1cc(O)c2c(=O)c(O[C@@H]3O[C@H](CO[C@@H]4O[C@@H](C)[C@H](O)[C@@H](O)[C@H]4O)[C@@H](O)[C@H](O)[C@H]3O)c(-c3ccc(O)cc3)oc2c1O. The predicted octanol–water partition coefficient (Wildman–Crippen LogP) is -1.38. The summed E-state index contributed by atoms with van der Waals surface area (Å²) in [5.41, 5.74) is -1.36. The molecule has 16 heteroatoms. The summed E-state index contributed by atoms with van der Waals surface area (Å²) in [7, 11) is 1.21. The number of ether oxygens (including phenoxy) is 5. The minimum absolute atomic E-state index is 0.129. The maximum absolute atomic E-state index is 13.7. The van der Waals surface area contributed by atoms with Gasteiger partial charge in [-0.15, -0.1) is 0 Å². The van der Waals surface area contributed by atoms with Crippen molar-refractivity contribution in [2.24, 2.45) is 0 Å². The van der Waals surface area contributed by atoms with E-state index in [0.717, 1.165) is 6.07 Å². The lowest BCUT2D eigenvalue weighted by molar-refractivity contribution is -0.318. The number of phenols is 3. The summed E-state index contributed by atoms with van der Waals surface area (Å²) in [6.07, 6.45) is -16.0. The lowest BCUT2D eigenvalue weighted by Gasteiger charge is -2.42. The number of benzene rings is 2. The van der Waals surface area contributed by atoms with E-state index in [1.165, 1.54) is 38.3 Å². The molecule has 0 aliphatic carbocycles. The second-order valence-corrected chi connectivity index (χ2v) is 10.4. The molecule has 2 aliphatic heterocycles. The highest BCUT2D eigenvalue weighted by Crippen LogP contribution is 2.43. The summed E-state index contributed by atoms with van der Waals surface area (Å²) in [4.78, 5) is 13.7. The van der Waals surface area contributed by atoms with Crippen LogP contribution in [-0.4, -0.2) is 121 Å². The van der Waals surface area contributed by atoms with Gasteiger partial charge in [-0.1, -0.05) is 0 Å². The van der Waals surface area contributed by atoms with Crippen LogP contribution >= 0.6 is 0 Å². The van der Waals surface area contributed by atoms with E-state index in [1.54, 1.807) is 0 Å². The average Bonchev–Trinajstić information content (AvgIpc) is 3.00. The zero-order valence-electron chi connectivity index (χ0n) is 23.3. The molecule has 2 fully saturated rings. The molecule has 1 aromatic heterocycles. The first kappa shape index (κ1) is 31.7. The third-order valence-corrected chi connectivity index (χ3v) is 7.53. The molecule has 0 radical (unpaired) electrons. The molecule has 10 atom stereocenters. The molecule has 0 unspecified atom stereocenters. The van der Waals surface area contributed by atoms with Crippen molar-refractivity contribution in [1.29, 1.82) is 0 Å². The standard InChI is InChI=1S/C28H32O16/c1-9-16(31)20(35)22(37)27(41-9)40-8-14-17(32)21(36)23(38)28(42-14)44-26-19(34)15-12(30)7-13(39-2)18(33)25(15)43-24(26)10-3-5-11(29)6-4-10/h3-7,9,14,16-17,20-23,27-33,35-38H,8H2,1-2H3/t9-,14+,16-,17+,20+,21-,22+,23+,27+,28-/m0/s1. The Morgan fingerprint density at radius 2 is 1.45 bits per heavy atom. The molecule has 5 rings (SSSR count). The average molecular weight is 625 g/mol. The van der Waals surface area contributed by atoms with Crippen molar-refractivity contribution in [2.45, 2.75) is 68.3 Å². The largest absolute Gasteiger partial charge is 0.508 e. The zero-order valence-corrected chi connectivity index (χ0v) is 23.3. The zero-order chi connectivity index (χ0) is 32.0. The molecule has 2 saturated heterocycles. The monoisotopic (exact) mass is 624 g/mol. The molecular formula is C28H32O16. The highest BCUT2D eigenvalue weighted by atomic mass is 16.7. The molecule has 3 aromatic rings. The Morgan fingerprint density at radius 3 is 2.11 bits per heavy atom. The van der Waals surface area contributed by atoms with Gasteiger partial charge in [0, 0.05) is 11.6 Å². The van der Waals surface area contributed by atoms with Crippen LogP contribution in [0.5, 0.6) is 28.7 Å². The van der Waals surface area contributed by atoms with Gasteiger partial charge in [-0.05, 0) is 31.2 Å². The van der Waals surface area contributed by atoms with Crippen molar-refractivity contribution in [3.63, 3.8) is 0 Å².